The lowest BCUT2D eigenvalue weighted by Gasteiger charge is -2.02. The molecular weight excluding hydrogens is 286 g/mol. The van der Waals surface area contributed by atoms with E-state index in [2.05, 4.69) is 20.4 Å². The standard InChI is InChI=1S/C14H11N5O3/c20-19(21)14-7-6-11(22-14)9-15-17-13-8-12(16-18-13)10-4-2-1-3-5-10/h1-7,9,12H,8H2/b15-9+,17-13-. The quantitative estimate of drug-likeness (QED) is 0.489. The largest absolute Gasteiger partial charge is 0.433 e. The molecule has 1 aromatic heterocycles. The Kier molecular flexibility index (Phi) is 3.82. The molecule has 0 saturated carbocycles. The summed E-state index contributed by atoms with van der Waals surface area (Å²) in [7, 11) is 0. The van der Waals surface area contributed by atoms with E-state index in [4.69, 9.17) is 4.42 Å². The van der Waals surface area contributed by atoms with Crippen LogP contribution in [0.5, 0.6) is 0 Å². The number of furan rings is 1. The fraction of sp³-hybridized carbons (Fsp3) is 0.143. The van der Waals surface area contributed by atoms with E-state index in [0.717, 1.165) is 5.56 Å². The summed E-state index contributed by atoms with van der Waals surface area (Å²) in [6.45, 7) is 0. The van der Waals surface area contributed by atoms with Gasteiger partial charge in [0.25, 0.3) is 0 Å². The first-order chi connectivity index (χ1) is 10.7. The molecule has 0 N–H and O–H groups in total. The lowest BCUT2D eigenvalue weighted by Crippen LogP contribution is -1.95. The van der Waals surface area contributed by atoms with Crippen LogP contribution in [0.1, 0.15) is 23.8 Å². The second-order valence-corrected chi connectivity index (χ2v) is 4.54. The van der Waals surface area contributed by atoms with E-state index in [1.807, 2.05) is 30.3 Å². The molecule has 8 nitrogen and oxygen atoms in total. The van der Waals surface area contributed by atoms with Gasteiger partial charge in [0.1, 0.15) is 11.0 Å². The first-order valence-electron chi connectivity index (χ1n) is 6.52. The van der Waals surface area contributed by atoms with Crippen molar-refractivity contribution in [3.05, 3.63) is 63.9 Å². The van der Waals surface area contributed by atoms with Crippen LogP contribution in [0.15, 0.2) is 67.3 Å². The average Bonchev–Trinajstić information content (AvgIpc) is 3.18. The smallest absolute Gasteiger partial charge is 0.400 e. The minimum absolute atomic E-state index is 0.0418. The van der Waals surface area contributed by atoms with Crippen LogP contribution in [0.25, 0.3) is 0 Å². The predicted octanol–water partition coefficient (Wildman–Crippen LogP) is 3.52. The summed E-state index contributed by atoms with van der Waals surface area (Å²) in [6.07, 6.45) is 1.87. The van der Waals surface area contributed by atoms with Gasteiger partial charge in [-0.1, -0.05) is 30.3 Å². The maximum Gasteiger partial charge on any atom is 0.433 e. The van der Waals surface area contributed by atoms with Gasteiger partial charge in [0.15, 0.2) is 11.6 Å². The number of nitrogens with zero attached hydrogens (tertiary/aromatic N) is 5. The second-order valence-electron chi connectivity index (χ2n) is 4.54. The van der Waals surface area contributed by atoms with Crippen LogP contribution in [-0.4, -0.2) is 17.0 Å². The summed E-state index contributed by atoms with van der Waals surface area (Å²) in [4.78, 5) is 9.87. The SMILES string of the molecule is O=[N+]([O-])c1ccc(/C=N/N=C2/CC(c3ccccc3)N=N2)o1. The van der Waals surface area contributed by atoms with Crippen LogP contribution in [0.4, 0.5) is 5.88 Å². The highest BCUT2D eigenvalue weighted by Crippen LogP contribution is 2.27. The Morgan fingerprint density at radius 2 is 2.09 bits per heavy atom. The van der Waals surface area contributed by atoms with Gasteiger partial charge in [-0.05, 0) is 11.6 Å². The van der Waals surface area contributed by atoms with Crippen molar-refractivity contribution in [3.63, 3.8) is 0 Å². The van der Waals surface area contributed by atoms with Gasteiger partial charge in [-0.3, -0.25) is 10.1 Å². The van der Waals surface area contributed by atoms with Gasteiger partial charge in [0.05, 0.1) is 12.3 Å². The van der Waals surface area contributed by atoms with Gasteiger partial charge in [-0.15, -0.1) is 10.2 Å². The topological polar surface area (TPSA) is 106 Å². The highest BCUT2D eigenvalue weighted by molar-refractivity contribution is 5.85. The molecule has 1 aliphatic heterocycles. The average molecular weight is 297 g/mol. The van der Waals surface area contributed by atoms with Crippen molar-refractivity contribution < 1.29 is 9.34 Å². The number of nitro groups is 1. The number of amidine groups is 1. The molecule has 0 fully saturated rings. The Bertz CT molecular complexity index is 764. The van der Waals surface area contributed by atoms with Crippen LogP contribution in [0.3, 0.4) is 0 Å². The molecule has 22 heavy (non-hydrogen) atoms. The Morgan fingerprint density at radius 3 is 2.82 bits per heavy atom. The van der Waals surface area contributed by atoms with Crippen LogP contribution in [-0.2, 0) is 0 Å². The number of benzene rings is 1. The third-order valence-electron chi connectivity index (χ3n) is 3.02. The molecular formula is C14H11N5O3. The molecule has 8 heteroatoms. The highest BCUT2D eigenvalue weighted by atomic mass is 16.6. The molecule has 2 heterocycles. The van der Waals surface area contributed by atoms with Crippen molar-refractivity contribution in [1.29, 1.82) is 0 Å². The van der Waals surface area contributed by atoms with Crippen LogP contribution in [0, 0.1) is 10.1 Å². The summed E-state index contributed by atoms with van der Waals surface area (Å²) in [5, 5.41) is 26.4. The minimum atomic E-state index is -0.612. The van der Waals surface area contributed by atoms with Gasteiger partial charge >= 0.3 is 5.88 Å². The van der Waals surface area contributed by atoms with Crippen LogP contribution in [0.2, 0.25) is 0 Å². The van der Waals surface area contributed by atoms with Crippen LogP contribution >= 0.6 is 0 Å². The van der Waals surface area contributed by atoms with Crippen molar-refractivity contribution in [2.45, 2.75) is 12.5 Å². The van der Waals surface area contributed by atoms with Gasteiger partial charge < -0.3 is 4.42 Å². The predicted molar refractivity (Wildman–Crippen MR) is 79.0 cm³/mol. The number of hydrogen-bond acceptors (Lipinski definition) is 6. The molecule has 0 bridgehead atoms. The number of hydrogen-bond donors (Lipinski definition) is 0. The molecule has 0 saturated heterocycles. The van der Waals surface area contributed by atoms with Crippen LogP contribution < -0.4 is 0 Å². The number of rotatable bonds is 4. The van der Waals surface area contributed by atoms with E-state index in [1.165, 1.54) is 18.3 Å². The van der Waals surface area contributed by atoms with E-state index in [0.29, 0.717) is 12.3 Å². The van der Waals surface area contributed by atoms with Gasteiger partial charge in [-0.25, -0.2) is 0 Å². The Morgan fingerprint density at radius 1 is 1.27 bits per heavy atom. The van der Waals surface area contributed by atoms with E-state index in [-0.39, 0.29) is 17.7 Å². The number of azo groups is 1. The van der Waals surface area contributed by atoms with Crippen molar-refractivity contribution in [1.82, 2.24) is 0 Å². The Labute approximate surface area is 125 Å². The maximum absolute atomic E-state index is 10.5. The fourth-order valence-electron chi connectivity index (χ4n) is 1.97. The molecule has 1 unspecified atom stereocenters. The summed E-state index contributed by atoms with van der Waals surface area (Å²) >= 11 is 0. The van der Waals surface area contributed by atoms with E-state index < -0.39 is 4.92 Å². The highest BCUT2D eigenvalue weighted by Gasteiger charge is 2.19. The molecule has 3 rings (SSSR count). The molecule has 0 radical (unpaired) electrons. The summed E-state index contributed by atoms with van der Waals surface area (Å²) in [6, 6.07) is 12.5. The monoisotopic (exact) mass is 297 g/mol. The second kappa shape index (κ2) is 6.08. The third kappa shape index (κ3) is 3.11. The molecule has 2 aromatic rings. The summed E-state index contributed by atoms with van der Waals surface area (Å²) in [5.41, 5.74) is 1.07. The molecule has 0 spiro atoms. The van der Waals surface area contributed by atoms with Crippen molar-refractivity contribution in [2.75, 3.05) is 0 Å². The summed E-state index contributed by atoms with van der Waals surface area (Å²) < 4.78 is 4.93. The first-order valence-corrected chi connectivity index (χ1v) is 6.52. The Hall–Kier alpha value is -3.16. The van der Waals surface area contributed by atoms with Crippen molar-refractivity contribution >= 4 is 17.9 Å². The van der Waals surface area contributed by atoms with Crippen molar-refractivity contribution in [3.8, 4) is 0 Å². The molecule has 1 aliphatic rings. The summed E-state index contributed by atoms with van der Waals surface area (Å²) in [5.74, 6) is 0.426. The van der Waals surface area contributed by atoms with Gasteiger partial charge in [-0.2, -0.15) is 10.2 Å². The van der Waals surface area contributed by atoms with E-state index in [1.54, 1.807) is 0 Å². The molecule has 0 amide bonds. The zero-order valence-corrected chi connectivity index (χ0v) is 11.4. The molecule has 1 aromatic carbocycles. The van der Waals surface area contributed by atoms with E-state index in [9.17, 15) is 10.1 Å². The third-order valence-corrected chi connectivity index (χ3v) is 3.02. The molecule has 1 atom stereocenters. The molecule has 0 aliphatic carbocycles. The minimum Gasteiger partial charge on any atom is -0.400 e. The maximum atomic E-state index is 10.5. The van der Waals surface area contributed by atoms with Gasteiger partial charge in [0, 0.05) is 6.42 Å². The Balaban J connectivity index is 1.63. The zero-order chi connectivity index (χ0) is 15.4. The first kappa shape index (κ1) is 13.8. The lowest BCUT2D eigenvalue weighted by atomic mass is 10.1. The fourth-order valence-corrected chi connectivity index (χ4v) is 1.97. The normalized spacial score (nSPS) is 19.3. The van der Waals surface area contributed by atoms with Gasteiger partial charge in [0.2, 0.25) is 0 Å². The lowest BCUT2D eigenvalue weighted by molar-refractivity contribution is -0.402. The van der Waals surface area contributed by atoms with E-state index >= 15 is 0 Å². The van der Waals surface area contributed by atoms with Crippen molar-refractivity contribution in [2.24, 2.45) is 20.4 Å². The molecule has 110 valence electrons. The zero-order valence-electron chi connectivity index (χ0n) is 11.4.